The predicted molar refractivity (Wildman–Crippen MR) is 66.6 cm³/mol. The van der Waals surface area contributed by atoms with E-state index in [4.69, 9.17) is 19.2 Å². The Morgan fingerprint density at radius 1 is 1.24 bits per heavy atom. The fourth-order valence-corrected chi connectivity index (χ4v) is 1.87. The van der Waals surface area contributed by atoms with Crippen molar-refractivity contribution >= 4 is 5.97 Å². The van der Waals surface area contributed by atoms with Crippen LogP contribution in [0.5, 0.6) is 0 Å². The van der Waals surface area contributed by atoms with Gasteiger partial charge < -0.3 is 19.3 Å². The van der Waals surface area contributed by atoms with Crippen LogP contribution in [-0.4, -0.2) is 69.7 Å². The first kappa shape index (κ1) is 18.0. The molecule has 9 heteroatoms. The number of ether oxygens (including phenoxy) is 3. The fourth-order valence-electron chi connectivity index (χ4n) is 1.87. The quantitative estimate of drug-likeness (QED) is 0.271. The molecule has 0 aromatic carbocycles. The Morgan fingerprint density at radius 3 is 2.38 bits per heavy atom. The van der Waals surface area contributed by atoms with E-state index >= 15 is 0 Å². The second kappa shape index (κ2) is 9.05. The van der Waals surface area contributed by atoms with Crippen LogP contribution in [0, 0.1) is 0 Å². The Hall–Kier alpha value is -1.07. The standard InChI is InChI=1S/C12H20O9/c1-5-6-18-12-7(13)8(20-16-3)9(21-17-4)10(19-12)11(14)15-2/h5,7-10,12-13H,1,6H2,2-4H3/t7-,8-,9+,10+,12-/m1/s1. The Morgan fingerprint density at radius 2 is 1.86 bits per heavy atom. The molecule has 1 fully saturated rings. The molecule has 1 N–H and O–H groups in total. The first-order valence-electron chi connectivity index (χ1n) is 6.13. The molecule has 0 spiro atoms. The average Bonchev–Trinajstić information content (AvgIpc) is 2.49. The number of rotatable bonds is 8. The van der Waals surface area contributed by atoms with Crippen molar-refractivity contribution in [2.45, 2.75) is 30.7 Å². The maximum Gasteiger partial charge on any atom is 0.338 e. The topological polar surface area (TPSA) is 102 Å². The molecule has 0 saturated carbocycles. The molecule has 9 nitrogen and oxygen atoms in total. The third-order valence-electron chi connectivity index (χ3n) is 2.74. The first-order valence-corrected chi connectivity index (χ1v) is 6.13. The Bertz CT molecular complexity index is 335. The van der Waals surface area contributed by atoms with E-state index in [1.807, 2.05) is 0 Å². The summed E-state index contributed by atoms with van der Waals surface area (Å²) in [6.07, 6.45) is -4.40. The molecule has 0 aromatic heterocycles. The molecule has 0 unspecified atom stereocenters. The van der Waals surface area contributed by atoms with Crippen molar-refractivity contribution in [2.75, 3.05) is 27.9 Å². The highest BCUT2D eigenvalue weighted by molar-refractivity contribution is 5.75. The van der Waals surface area contributed by atoms with E-state index < -0.39 is 36.7 Å². The molecule has 122 valence electrons. The number of methoxy groups -OCH3 is 1. The summed E-state index contributed by atoms with van der Waals surface area (Å²) >= 11 is 0. The number of carbonyl (C=O) groups is 1. The summed E-state index contributed by atoms with van der Waals surface area (Å²) in [6, 6.07) is 0. The van der Waals surface area contributed by atoms with Gasteiger partial charge in [-0.15, -0.1) is 6.58 Å². The van der Waals surface area contributed by atoms with E-state index in [9.17, 15) is 9.90 Å². The van der Waals surface area contributed by atoms with Crippen molar-refractivity contribution in [2.24, 2.45) is 0 Å². The van der Waals surface area contributed by atoms with E-state index in [0.29, 0.717) is 0 Å². The number of hydrogen-bond acceptors (Lipinski definition) is 9. The molecule has 0 aromatic rings. The maximum atomic E-state index is 11.8. The highest BCUT2D eigenvalue weighted by atomic mass is 17.2. The van der Waals surface area contributed by atoms with Crippen molar-refractivity contribution in [3.8, 4) is 0 Å². The van der Waals surface area contributed by atoms with Crippen molar-refractivity contribution in [3.05, 3.63) is 12.7 Å². The van der Waals surface area contributed by atoms with Gasteiger partial charge in [0.05, 0.1) is 27.9 Å². The van der Waals surface area contributed by atoms with Crippen LogP contribution in [0.1, 0.15) is 0 Å². The molecular weight excluding hydrogens is 288 g/mol. The molecule has 0 radical (unpaired) electrons. The zero-order valence-corrected chi connectivity index (χ0v) is 12.1. The van der Waals surface area contributed by atoms with Crippen molar-refractivity contribution in [1.82, 2.24) is 0 Å². The normalized spacial score (nSPS) is 32.7. The molecule has 1 aliphatic rings. The van der Waals surface area contributed by atoms with Crippen LogP contribution >= 0.6 is 0 Å². The van der Waals surface area contributed by atoms with E-state index in [1.54, 1.807) is 0 Å². The summed E-state index contributed by atoms with van der Waals surface area (Å²) in [5, 5.41) is 10.2. The predicted octanol–water partition coefficient (Wildman–Crippen LogP) is -0.659. The molecule has 1 rings (SSSR count). The molecule has 21 heavy (non-hydrogen) atoms. The van der Waals surface area contributed by atoms with Crippen molar-refractivity contribution in [1.29, 1.82) is 0 Å². The molecule has 0 bridgehead atoms. The number of esters is 1. The zero-order chi connectivity index (χ0) is 15.8. The first-order chi connectivity index (χ1) is 10.1. The lowest BCUT2D eigenvalue weighted by Gasteiger charge is -2.40. The van der Waals surface area contributed by atoms with Crippen LogP contribution in [0.4, 0.5) is 0 Å². The molecule has 0 aliphatic carbocycles. The highest BCUT2D eigenvalue weighted by Gasteiger charge is 2.52. The number of hydrogen-bond donors (Lipinski definition) is 1. The van der Waals surface area contributed by atoms with Gasteiger partial charge in [0.15, 0.2) is 24.6 Å². The number of aliphatic hydroxyl groups is 1. The van der Waals surface area contributed by atoms with Gasteiger partial charge in [0.2, 0.25) is 0 Å². The molecule has 1 saturated heterocycles. The summed E-state index contributed by atoms with van der Waals surface area (Å²) in [5.41, 5.74) is 0. The molecule has 1 heterocycles. The largest absolute Gasteiger partial charge is 0.467 e. The van der Waals surface area contributed by atoms with Gasteiger partial charge in [0.25, 0.3) is 0 Å². The smallest absolute Gasteiger partial charge is 0.338 e. The maximum absolute atomic E-state index is 11.8. The van der Waals surface area contributed by atoms with Crippen LogP contribution in [0.2, 0.25) is 0 Å². The summed E-state index contributed by atoms with van der Waals surface area (Å²) in [5.74, 6) is -0.735. The van der Waals surface area contributed by atoms with Crippen LogP contribution < -0.4 is 0 Å². The van der Waals surface area contributed by atoms with Gasteiger partial charge in [-0.3, -0.25) is 0 Å². The van der Waals surface area contributed by atoms with Crippen molar-refractivity contribution < 1.29 is 43.7 Å². The molecule has 0 amide bonds. The lowest BCUT2D eigenvalue weighted by Crippen LogP contribution is -2.62. The van der Waals surface area contributed by atoms with Gasteiger partial charge in [-0.2, -0.15) is 0 Å². The van der Waals surface area contributed by atoms with Gasteiger partial charge in [0.1, 0.15) is 6.10 Å². The van der Waals surface area contributed by atoms with Crippen LogP contribution in [0.3, 0.4) is 0 Å². The van der Waals surface area contributed by atoms with Crippen LogP contribution in [0.15, 0.2) is 12.7 Å². The minimum atomic E-state index is -1.29. The Balaban J connectivity index is 2.96. The van der Waals surface area contributed by atoms with Crippen molar-refractivity contribution in [3.63, 3.8) is 0 Å². The Labute approximate surface area is 122 Å². The van der Waals surface area contributed by atoms with E-state index in [-0.39, 0.29) is 6.61 Å². The van der Waals surface area contributed by atoms with Gasteiger partial charge in [0, 0.05) is 0 Å². The van der Waals surface area contributed by atoms with Crippen LogP contribution in [0.25, 0.3) is 0 Å². The fraction of sp³-hybridized carbons (Fsp3) is 0.750. The monoisotopic (exact) mass is 308 g/mol. The highest BCUT2D eigenvalue weighted by Crippen LogP contribution is 2.27. The van der Waals surface area contributed by atoms with Gasteiger partial charge >= 0.3 is 5.97 Å². The van der Waals surface area contributed by atoms with E-state index in [1.165, 1.54) is 27.4 Å². The second-order valence-corrected chi connectivity index (χ2v) is 4.02. The lowest BCUT2D eigenvalue weighted by molar-refractivity contribution is -0.428. The lowest BCUT2D eigenvalue weighted by atomic mass is 9.99. The molecular formula is C12H20O9. The SMILES string of the molecule is C=CCO[C@@H]1O[C@H](C(=O)OC)[C@@H](OOC)[C@H](OOC)[C@H]1O. The summed E-state index contributed by atoms with van der Waals surface area (Å²) in [4.78, 5) is 30.8. The summed E-state index contributed by atoms with van der Waals surface area (Å²) < 4.78 is 15.2. The summed E-state index contributed by atoms with van der Waals surface area (Å²) in [7, 11) is 3.68. The Kier molecular flexibility index (Phi) is 7.75. The minimum absolute atomic E-state index is 0.102. The number of aliphatic hydroxyl groups excluding tert-OH is 1. The van der Waals surface area contributed by atoms with Gasteiger partial charge in [-0.05, 0) is 0 Å². The van der Waals surface area contributed by atoms with E-state index in [0.717, 1.165) is 0 Å². The third kappa shape index (κ3) is 4.45. The van der Waals surface area contributed by atoms with Gasteiger partial charge in [-0.1, -0.05) is 6.08 Å². The average molecular weight is 308 g/mol. The summed E-state index contributed by atoms with van der Waals surface area (Å²) in [6.45, 7) is 3.59. The van der Waals surface area contributed by atoms with E-state index in [2.05, 4.69) is 21.1 Å². The second-order valence-electron chi connectivity index (χ2n) is 4.02. The van der Waals surface area contributed by atoms with Gasteiger partial charge in [-0.25, -0.2) is 24.3 Å². The molecule has 1 aliphatic heterocycles. The zero-order valence-electron chi connectivity index (χ0n) is 12.1. The molecule has 5 atom stereocenters. The van der Waals surface area contributed by atoms with Crippen LogP contribution in [-0.2, 0) is 38.6 Å². The number of carbonyl (C=O) groups excluding carboxylic acids is 1. The third-order valence-corrected chi connectivity index (χ3v) is 2.74. The minimum Gasteiger partial charge on any atom is -0.467 e.